The summed E-state index contributed by atoms with van der Waals surface area (Å²) < 4.78 is 24.7. The van der Waals surface area contributed by atoms with Crippen molar-refractivity contribution in [1.82, 2.24) is 5.48 Å². The number of amides is 2. The van der Waals surface area contributed by atoms with E-state index in [0.717, 1.165) is 24.1 Å². The van der Waals surface area contributed by atoms with Gasteiger partial charge in [-0.3, -0.25) is 14.4 Å². The predicted octanol–water partition coefficient (Wildman–Crippen LogP) is 0.827. The summed E-state index contributed by atoms with van der Waals surface area (Å²) in [6.45, 7) is 2.14. The van der Waals surface area contributed by atoms with Crippen LogP contribution in [0, 0.1) is 0 Å². The minimum atomic E-state index is -3.56. The second-order valence-electron chi connectivity index (χ2n) is 5.36. The highest BCUT2D eigenvalue weighted by Gasteiger charge is 2.23. The van der Waals surface area contributed by atoms with Gasteiger partial charge >= 0.3 is 0 Å². The summed E-state index contributed by atoms with van der Waals surface area (Å²) >= 11 is 0. The molecular weight excluding hydrogens is 320 g/mol. The molecule has 0 aromatic heterocycles. The van der Waals surface area contributed by atoms with E-state index < -0.39 is 15.7 Å². The lowest BCUT2D eigenvalue weighted by atomic mass is 10.0. The highest BCUT2D eigenvalue weighted by atomic mass is 32.2. The van der Waals surface area contributed by atoms with Gasteiger partial charge in [-0.05, 0) is 36.6 Å². The third kappa shape index (κ3) is 4.08. The fourth-order valence-electron chi connectivity index (χ4n) is 2.60. The van der Waals surface area contributed by atoms with Crippen LogP contribution < -0.4 is 10.4 Å². The quantitative estimate of drug-likeness (QED) is 0.801. The van der Waals surface area contributed by atoms with Crippen LogP contribution in [0.5, 0.6) is 0 Å². The maximum atomic E-state index is 12.3. The summed E-state index contributed by atoms with van der Waals surface area (Å²) in [5.74, 6) is -0.841. The average molecular weight is 340 g/mol. The number of carbonyl (C=O) groups is 2. The van der Waals surface area contributed by atoms with Crippen LogP contribution in [0.2, 0.25) is 0 Å². The Labute approximate surface area is 135 Å². The van der Waals surface area contributed by atoms with Gasteiger partial charge in [-0.15, -0.1) is 0 Å². The number of rotatable bonds is 5. The number of nitrogens with zero attached hydrogens (tertiary/aromatic N) is 1. The first-order valence-electron chi connectivity index (χ1n) is 7.31. The largest absolute Gasteiger partial charge is 0.312 e. The Hall–Kier alpha value is -1.93. The van der Waals surface area contributed by atoms with Gasteiger partial charge in [0.15, 0.2) is 9.84 Å². The van der Waals surface area contributed by atoms with E-state index in [1.54, 1.807) is 17.0 Å². The molecule has 0 bridgehead atoms. The van der Waals surface area contributed by atoms with Gasteiger partial charge in [0.25, 0.3) is 0 Å². The van der Waals surface area contributed by atoms with E-state index in [1.165, 1.54) is 20.1 Å². The summed E-state index contributed by atoms with van der Waals surface area (Å²) in [6.07, 6.45) is 1.35. The summed E-state index contributed by atoms with van der Waals surface area (Å²) in [6, 6.07) is 4.76. The number of hydrogen-bond donors (Lipinski definition) is 1. The number of sulfone groups is 1. The molecule has 0 saturated carbocycles. The highest BCUT2D eigenvalue weighted by molar-refractivity contribution is 7.91. The van der Waals surface area contributed by atoms with Gasteiger partial charge in [0.1, 0.15) is 0 Å². The van der Waals surface area contributed by atoms with Crippen LogP contribution in [0.15, 0.2) is 23.1 Å². The second kappa shape index (κ2) is 7.10. The lowest BCUT2D eigenvalue weighted by molar-refractivity contribution is -0.130. The molecule has 0 radical (unpaired) electrons. The van der Waals surface area contributed by atoms with Crippen molar-refractivity contribution >= 4 is 27.3 Å². The molecule has 0 saturated heterocycles. The first-order chi connectivity index (χ1) is 10.8. The molecule has 1 aliphatic rings. The molecule has 23 heavy (non-hydrogen) atoms. The van der Waals surface area contributed by atoms with Gasteiger partial charge in [-0.1, -0.05) is 0 Å². The Balaban J connectivity index is 2.21. The van der Waals surface area contributed by atoms with Crippen molar-refractivity contribution in [2.24, 2.45) is 0 Å². The van der Waals surface area contributed by atoms with Crippen LogP contribution >= 0.6 is 0 Å². The Bertz CT molecular complexity index is 715. The number of hydroxylamine groups is 1. The standard InChI is InChI=1S/C15H20N2O5S/c1-11(18)17-8-3-4-12-10-13(5-6-14(12)17)23(20,21)9-7-15(19)16-22-2/h5-6,10H,3-4,7-9H2,1-2H3,(H,16,19). The maximum Gasteiger partial charge on any atom is 0.244 e. The number of nitrogens with one attached hydrogen (secondary N) is 1. The predicted molar refractivity (Wildman–Crippen MR) is 84.6 cm³/mol. The molecule has 1 aromatic carbocycles. The second-order valence-corrected chi connectivity index (χ2v) is 7.47. The number of hydrogen-bond acceptors (Lipinski definition) is 5. The van der Waals surface area contributed by atoms with E-state index >= 15 is 0 Å². The summed E-state index contributed by atoms with van der Waals surface area (Å²) in [5, 5.41) is 0. The monoisotopic (exact) mass is 340 g/mol. The van der Waals surface area contributed by atoms with E-state index in [4.69, 9.17) is 0 Å². The zero-order valence-electron chi connectivity index (χ0n) is 13.2. The highest BCUT2D eigenvalue weighted by Crippen LogP contribution is 2.29. The third-order valence-corrected chi connectivity index (χ3v) is 5.44. The number of aryl methyl sites for hydroxylation is 1. The molecular formula is C15H20N2O5S. The Kier molecular flexibility index (Phi) is 5.38. The van der Waals surface area contributed by atoms with Crippen LogP contribution in [-0.2, 0) is 30.7 Å². The zero-order valence-corrected chi connectivity index (χ0v) is 14.0. The molecule has 0 unspecified atom stereocenters. The van der Waals surface area contributed by atoms with Crippen molar-refractivity contribution in [3.63, 3.8) is 0 Å². The van der Waals surface area contributed by atoms with Crippen LogP contribution in [0.1, 0.15) is 25.3 Å². The first kappa shape index (κ1) is 17.4. The molecule has 8 heteroatoms. The fraction of sp³-hybridized carbons (Fsp3) is 0.467. The molecule has 0 fully saturated rings. The molecule has 1 N–H and O–H groups in total. The van der Waals surface area contributed by atoms with Crippen LogP contribution in [0.25, 0.3) is 0 Å². The average Bonchev–Trinajstić information content (AvgIpc) is 2.52. The van der Waals surface area contributed by atoms with Crippen molar-refractivity contribution in [2.45, 2.75) is 31.1 Å². The van der Waals surface area contributed by atoms with E-state index in [2.05, 4.69) is 10.3 Å². The number of anilines is 1. The number of fused-ring (bicyclic) bond motifs is 1. The molecule has 0 aliphatic carbocycles. The Morgan fingerprint density at radius 1 is 1.35 bits per heavy atom. The minimum absolute atomic E-state index is 0.0576. The van der Waals surface area contributed by atoms with E-state index in [-0.39, 0.29) is 23.0 Å². The molecule has 2 rings (SSSR count). The summed E-state index contributed by atoms with van der Waals surface area (Å²) in [5.41, 5.74) is 3.70. The van der Waals surface area contributed by atoms with E-state index in [9.17, 15) is 18.0 Å². The van der Waals surface area contributed by atoms with E-state index in [0.29, 0.717) is 6.54 Å². The summed E-state index contributed by atoms with van der Waals surface area (Å²) in [4.78, 5) is 29.2. The third-order valence-electron chi connectivity index (χ3n) is 3.72. The normalized spacial score (nSPS) is 14.3. The van der Waals surface area contributed by atoms with Crippen molar-refractivity contribution in [2.75, 3.05) is 24.3 Å². The molecule has 1 aromatic rings. The van der Waals surface area contributed by atoms with Crippen molar-refractivity contribution in [3.05, 3.63) is 23.8 Å². The van der Waals surface area contributed by atoms with Crippen LogP contribution in [0.4, 0.5) is 5.69 Å². The van der Waals surface area contributed by atoms with Gasteiger partial charge in [0, 0.05) is 25.6 Å². The zero-order chi connectivity index (χ0) is 17.0. The Morgan fingerprint density at radius 3 is 2.74 bits per heavy atom. The molecule has 126 valence electrons. The topological polar surface area (TPSA) is 92.8 Å². The SMILES string of the molecule is CONC(=O)CCS(=O)(=O)c1ccc2c(c1)CCCN2C(C)=O. The Morgan fingerprint density at radius 2 is 2.09 bits per heavy atom. The van der Waals surface area contributed by atoms with Gasteiger partial charge < -0.3 is 4.90 Å². The van der Waals surface area contributed by atoms with Gasteiger partial charge in [-0.2, -0.15) is 0 Å². The fourth-order valence-corrected chi connectivity index (χ4v) is 3.89. The lowest BCUT2D eigenvalue weighted by Gasteiger charge is -2.28. The smallest absolute Gasteiger partial charge is 0.244 e. The first-order valence-corrected chi connectivity index (χ1v) is 8.96. The van der Waals surface area contributed by atoms with Gasteiger partial charge in [0.2, 0.25) is 11.8 Å². The van der Waals surface area contributed by atoms with Crippen LogP contribution in [-0.4, -0.2) is 39.6 Å². The molecule has 7 nitrogen and oxygen atoms in total. The minimum Gasteiger partial charge on any atom is -0.312 e. The molecule has 2 amide bonds. The van der Waals surface area contributed by atoms with Gasteiger partial charge in [0.05, 0.1) is 17.8 Å². The number of benzene rings is 1. The molecule has 0 spiro atoms. The lowest BCUT2D eigenvalue weighted by Crippen LogP contribution is -2.33. The van der Waals surface area contributed by atoms with Gasteiger partial charge in [-0.25, -0.2) is 13.9 Å². The summed E-state index contributed by atoms with van der Waals surface area (Å²) in [7, 11) is -2.28. The van der Waals surface area contributed by atoms with Crippen molar-refractivity contribution in [3.8, 4) is 0 Å². The van der Waals surface area contributed by atoms with Crippen LogP contribution in [0.3, 0.4) is 0 Å². The molecule has 1 aliphatic heterocycles. The maximum absolute atomic E-state index is 12.3. The molecule has 1 heterocycles. The van der Waals surface area contributed by atoms with Crippen molar-refractivity contribution < 1.29 is 22.8 Å². The van der Waals surface area contributed by atoms with E-state index in [1.807, 2.05) is 0 Å². The molecule has 0 atom stereocenters. The van der Waals surface area contributed by atoms with Crippen molar-refractivity contribution in [1.29, 1.82) is 0 Å². The number of carbonyl (C=O) groups excluding carboxylic acids is 2.